The molecule has 0 saturated heterocycles. The summed E-state index contributed by atoms with van der Waals surface area (Å²) in [5, 5.41) is 23.1. The third-order valence-electron chi connectivity index (χ3n) is 2.51. The number of nitrogens with zero attached hydrogens (tertiary/aromatic N) is 4. The van der Waals surface area contributed by atoms with Crippen molar-refractivity contribution in [2.24, 2.45) is 0 Å². The highest BCUT2D eigenvalue weighted by atomic mass is 16.6. The maximum Gasteiger partial charge on any atom is 0.389 e. The fourth-order valence-corrected chi connectivity index (χ4v) is 1.19. The van der Waals surface area contributed by atoms with Crippen LogP contribution in [-0.4, -0.2) is 51.0 Å². The lowest BCUT2D eigenvalue weighted by Gasteiger charge is -2.21. The van der Waals surface area contributed by atoms with Gasteiger partial charge in [0.15, 0.2) is 0 Å². The molecule has 1 N–H and O–H groups in total. The molecule has 0 aliphatic carbocycles. The van der Waals surface area contributed by atoms with Crippen LogP contribution >= 0.6 is 0 Å². The fourth-order valence-electron chi connectivity index (χ4n) is 1.19. The first-order chi connectivity index (χ1) is 7.54. The van der Waals surface area contributed by atoms with E-state index in [0.717, 1.165) is 0 Å². The first-order valence-electron chi connectivity index (χ1n) is 5.03. The highest BCUT2D eigenvalue weighted by Crippen LogP contribution is 2.05. The van der Waals surface area contributed by atoms with Gasteiger partial charge in [-0.2, -0.15) is 4.68 Å². The molecule has 1 aromatic heterocycles. The summed E-state index contributed by atoms with van der Waals surface area (Å²) in [5.41, 5.74) is 0. The third kappa shape index (κ3) is 3.28. The van der Waals surface area contributed by atoms with Gasteiger partial charge in [-0.25, -0.2) is 0 Å². The van der Waals surface area contributed by atoms with E-state index in [0.29, 0.717) is 13.1 Å². The molecule has 16 heavy (non-hydrogen) atoms. The number of hydrogen-bond donors (Lipinski definition) is 1. The summed E-state index contributed by atoms with van der Waals surface area (Å²) >= 11 is 0. The maximum absolute atomic E-state index is 10.4. The highest BCUT2D eigenvalue weighted by Gasteiger charge is 2.12. The van der Waals surface area contributed by atoms with Crippen molar-refractivity contribution < 1.29 is 10.0 Å². The normalized spacial score (nSPS) is 13.0. The molecule has 1 rings (SSSR count). The Hall–Kier alpha value is -1.47. The van der Waals surface area contributed by atoms with Gasteiger partial charge in [-0.3, -0.25) is 4.90 Å². The molecular formula is C9H16N4O3. The maximum atomic E-state index is 10.4. The van der Waals surface area contributed by atoms with E-state index in [4.69, 9.17) is 5.11 Å². The Morgan fingerprint density at radius 3 is 2.94 bits per heavy atom. The van der Waals surface area contributed by atoms with Gasteiger partial charge < -0.3 is 15.2 Å². The Kier molecular flexibility index (Phi) is 4.39. The Labute approximate surface area is 93.4 Å². The molecule has 0 fully saturated rings. The minimum atomic E-state index is -0.517. The second kappa shape index (κ2) is 5.57. The molecule has 0 radical (unpaired) electrons. The topological polar surface area (TPSA) is 84.4 Å². The molecule has 90 valence electrons. The molecule has 7 heteroatoms. The van der Waals surface area contributed by atoms with Gasteiger partial charge in [0.2, 0.25) is 0 Å². The van der Waals surface area contributed by atoms with Gasteiger partial charge in [0, 0.05) is 12.6 Å². The molecule has 0 bridgehead atoms. The lowest BCUT2D eigenvalue weighted by atomic mass is 10.3. The summed E-state index contributed by atoms with van der Waals surface area (Å²) in [5.74, 6) is -0.141. The first kappa shape index (κ1) is 12.6. The quantitative estimate of drug-likeness (QED) is 0.551. The van der Waals surface area contributed by atoms with Gasteiger partial charge in [-0.05, 0) is 18.9 Å². The van der Waals surface area contributed by atoms with Crippen LogP contribution in [0, 0.1) is 10.1 Å². The summed E-state index contributed by atoms with van der Waals surface area (Å²) in [4.78, 5) is 11.8. The van der Waals surface area contributed by atoms with Crippen LogP contribution in [0.5, 0.6) is 0 Å². The first-order valence-corrected chi connectivity index (χ1v) is 5.03. The number of hydrogen-bond acceptors (Lipinski definition) is 5. The zero-order valence-electron chi connectivity index (χ0n) is 9.41. The standard InChI is InChI=1S/C9H16N4O3/c1-8(7-14)11(2)5-6-12-4-3-9(10-12)13(15)16/h3-4,8,14H,5-7H2,1-2H3. The van der Waals surface area contributed by atoms with Crippen LogP contribution < -0.4 is 0 Å². The van der Waals surface area contributed by atoms with Crippen molar-refractivity contribution in [2.45, 2.75) is 19.5 Å². The van der Waals surface area contributed by atoms with E-state index in [9.17, 15) is 10.1 Å². The van der Waals surface area contributed by atoms with Crippen molar-refractivity contribution in [1.82, 2.24) is 14.7 Å². The number of rotatable bonds is 6. The number of aliphatic hydroxyl groups excluding tert-OH is 1. The van der Waals surface area contributed by atoms with Crippen molar-refractivity contribution in [3.05, 3.63) is 22.4 Å². The van der Waals surface area contributed by atoms with Crippen LogP contribution in [0.25, 0.3) is 0 Å². The van der Waals surface area contributed by atoms with E-state index in [1.54, 1.807) is 6.20 Å². The van der Waals surface area contributed by atoms with Crippen LogP contribution in [-0.2, 0) is 6.54 Å². The van der Waals surface area contributed by atoms with E-state index in [2.05, 4.69) is 5.10 Å². The van der Waals surface area contributed by atoms with Crippen LogP contribution in [0.3, 0.4) is 0 Å². The van der Waals surface area contributed by atoms with E-state index in [-0.39, 0.29) is 18.5 Å². The Bertz CT molecular complexity index is 352. The summed E-state index contributed by atoms with van der Waals surface area (Å²) in [6, 6.07) is 1.45. The number of likely N-dealkylation sites (N-methyl/N-ethyl adjacent to an activating group) is 1. The molecule has 0 spiro atoms. The van der Waals surface area contributed by atoms with E-state index >= 15 is 0 Å². The summed E-state index contributed by atoms with van der Waals surface area (Å²) < 4.78 is 1.53. The second-order valence-corrected chi connectivity index (χ2v) is 3.71. The number of aromatic nitrogens is 2. The average molecular weight is 228 g/mol. The predicted molar refractivity (Wildman–Crippen MR) is 58.1 cm³/mol. The van der Waals surface area contributed by atoms with Gasteiger partial charge in [-0.15, -0.1) is 0 Å². The van der Waals surface area contributed by atoms with Crippen molar-refractivity contribution in [3.63, 3.8) is 0 Å². The van der Waals surface area contributed by atoms with Gasteiger partial charge in [0.05, 0.1) is 30.5 Å². The zero-order valence-corrected chi connectivity index (χ0v) is 9.41. The lowest BCUT2D eigenvalue weighted by Crippen LogP contribution is -2.34. The summed E-state index contributed by atoms with van der Waals surface area (Å²) in [7, 11) is 1.89. The third-order valence-corrected chi connectivity index (χ3v) is 2.51. The van der Waals surface area contributed by atoms with E-state index in [1.807, 2.05) is 18.9 Å². The monoisotopic (exact) mass is 228 g/mol. The van der Waals surface area contributed by atoms with Crippen molar-refractivity contribution in [3.8, 4) is 0 Å². The SMILES string of the molecule is CC(CO)N(C)CCn1ccc([N+](=O)[O-])n1. The molecule has 0 aromatic carbocycles. The molecule has 1 atom stereocenters. The van der Waals surface area contributed by atoms with E-state index < -0.39 is 4.92 Å². The molecule has 1 unspecified atom stereocenters. The molecule has 1 heterocycles. The summed E-state index contributed by atoms with van der Waals surface area (Å²) in [6.07, 6.45) is 1.58. The van der Waals surface area contributed by atoms with Gasteiger partial charge in [0.1, 0.15) is 0 Å². The zero-order chi connectivity index (χ0) is 12.1. The second-order valence-electron chi connectivity index (χ2n) is 3.71. The highest BCUT2D eigenvalue weighted by molar-refractivity contribution is 5.13. The summed E-state index contributed by atoms with van der Waals surface area (Å²) in [6.45, 7) is 3.25. The van der Waals surface area contributed by atoms with E-state index in [1.165, 1.54) is 10.7 Å². The lowest BCUT2D eigenvalue weighted by molar-refractivity contribution is -0.389. The molecule has 0 aliphatic rings. The average Bonchev–Trinajstić information content (AvgIpc) is 2.73. The Morgan fingerprint density at radius 1 is 1.75 bits per heavy atom. The van der Waals surface area contributed by atoms with Crippen molar-refractivity contribution in [1.29, 1.82) is 0 Å². The Morgan fingerprint density at radius 2 is 2.44 bits per heavy atom. The molecule has 7 nitrogen and oxygen atoms in total. The fraction of sp³-hybridized carbons (Fsp3) is 0.667. The van der Waals surface area contributed by atoms with Gasteiger partial charge >= 0.3 is 5.82 Å². The molecule has 0 aliphatic heterocycles. The van der Waals surface area contributed by atoms with Gasteiger partial charge in [-0.1, -0.05) is 0 Å². The largest absolute Gasteiger partial charge is 0.395 e. The van der Waals surface area contributed by atoms with Crippen LogP contribution in [0.1, 0.15) is 6.92 Å². The minimum absolute atomic E-state index is 0.0746. The Balaban J connectivity index is 2.45. The molecular weight excluding hydrogens is 212 g/mol. The van der Waals surface area contributed by atoms with Crippen LogP contribution in [0.4, 0.5) is 5.82 Å². The van der Waals surface area contributed by atoms with Crippen molar-refractivity contribution >= 4 is 5.82 Å². The van der Waals surface area contributed by atoms with Crippen LogP contribution in [0.15, 0.2) is 12.3 Å². The number of aliphatic hydroxyl groups is 1. The predicted octanol–water partition coefficient (Wildman–Crippen LogP) is 0.104. The molecule has 1 aromatic rings. The van der Waals surface area contributed by atoms with Crippen LogP contribution in [0.2, 0.25) is 0 Å². The molecule has 0 saturated carbocycles. The number of nitro groups is 1. The van der Waals surface area contributed by atoms with Crippen molar-refractivity contribution in [2.75, 3.05) is 20.2 Å². The molecule has 0 amide bonds. The minimum Gasteiger partial charge on any atom is -0.395 e. The van der Waals surface area contributed by atoms with Gasteiger partial charge in [0.25, 0.3) is 0 Å². The smallest absolute Gasteiger partial charge is 0.389 e.